The number of nitrogens with one attached hydrogen (secondary N) is 1. The highest BCUT2D eigenvalue weighted by Crippen LogP contribution is 2.25. The summed E-state index contributed by atoms with van der Waals surface area (Å²) in [6, 6.07) is 4.58. The molecule has 0 radical (unpaired) electrons. The lowest BCUT2D eigenvalue weighted by Crippen LogP contribution is -2.26. The molecule has 0 atom stereocenters. The van der Waals surface area contributed by atoms with Crippen molar-refractivity contribution in [2.75, 3.05) is 20.1 Å². The van der Waals surface area contributed by atoms with Gasteiger partial charge < -0.3 is 10.2 Å². The Balaban J connectivity index is 1.74. The number of rotatable bonds is 7. The van der Waals surface area contributed by atoms with Crippen LogP contribution in [0.1, 0.15) is 48.8 Å². The van der Waals surface area contributed by atoms with Crippen LogP contribution in [-0.4, -0.2) is 25.0 Å². The fraction of sp³-hybridized carbons (Fsp3) is 0.750. The SMILES string of the molecule is CCNCc1ccc(CN(C)CC2CCCCC2)s1. The molecule has 0 aromatic carbocycles. The lowest BCUT2D eigenvalue weighted by atomic mass is 9.89. The predicted octanol–water partition coefficient (Wildman–Crippen LogP) is 3.87. The van der Waals surface area contributed by atoms with Crippen LogP contribution < -0.4 is 5.32 Å². The van der Waals surface area contributed by atoms with Gasteiger partial charge in [-0.15, -0.1) is 11.3 Å². The molecule has 1 aliphatic carbocycles. The van der Waals surface area contributed by atoms with Gasteiger partial charge in [-0.05, 0) is 44.5 Å². The van der Waals surface area contributed by atoms with Crippen LogP contribution in [0.2, 0.25) is 0 Å². The number of hydrogen-bond donors (Lipinski definition) is 1. The van der Waals surface area contributed by atoms with Crippen molar-refractivity contribution >= 4 is 11.3 Å². The van der Waals surface area contributed by atoms with E-state index in [-0.39, 0.29) is 0 Å². The van der Waals surface area contributed by atoms with E-state index in [9.17, 15) is 0 Å². The van der Waals surface area contributed by atoms with Crippen LogP contribution in [0.3, 0.4) is 0 Å². The second kappa shape index (κ2) is 8.03. The highest BCUT2D eigenvalue weighted by atomic mass is 32.1. The molecule has 1 aliphatic rings. The molecule has 1 saturated carbocycles. The van der Waals surface area contributed by atoms with E-state index in [2.05, 4.69) is 36.3 Å². The zero-order valence-electron chi connectivity index (χ0n) is 12.5. The smallest absolute Gasteiger partial charge is 0.0325 e. The lowest BCUT2D eigenvalue weighted by molar-refractivity contribution is 0.229. The molecule has 1 aromatic rings. The highest BCUT2D eigenvalue weighted by Gasteiger charge is 2.15. The van der Waals surface area contributed by atoms with E-state index in [1.165, 1.54) is 48.4 Å². The van der Waals surface area contributed by atoms with Crippen LogP contribution in [0.25, 0.3) is 0 Å². The Morgan fingerprint density at radius 3 is 2.68 bits per heavy atom. The monoisotopic (exact) mass is 280 g/mol. The number of thiophene rings is 1. The second-order valence-electron chi connectivity index (χ2n) is 5.85. The van der Waals surface area contributed by atoms with Gasteiger partial charge in [0.25, 0.3) is 0 Å². The van der Waals surface area contributed by atoms with Crippen LogP contribution in [-0.2, 0) is 13.1 Å². The van der Waals surface area contributed by atoms with E-state index in [4.69, 9.17) is 0 Å². The lowest BCUT2D eigenvalue weighted by Gasteiger charge is -2.26. The third-order valence-electron chi connectivity index (χ3n) is 3.99. The summed E-state index contributed by atoms with van der Waals surface area (Å²) < 4.78 is 0. The summed E-state index contributed by atoms with van der Waals surface area (Å²) in [5.74, 6) is 0.944. The average molecular weight is 280 g/mol. The van der Waals surface area contributed by atoms with Gasteiger partial charge in [0, 0.05) is 29.4 Å². The molecule has 1 N–H and O–H groups in total. The summed E-state index contributed by atoms with van der Waals surface area (Å²) in [6.45, 7) is 6.63. The van der Waals surface area contributed by atoms with E-state index in [1.807, 2.05) is 11.3 Å². The first-order valence-corrected chi connectivity index (χ1v) is 8.56. The Kier molecular flexibility index (Phi) is 6.35. The molecule has 0 amide bonds. The van der Waals surface area contributed by atoms with E-state index >= 15 is 0 Å². The molecule has 0 aliphatic heterocycles. The van der Waals surface area contributed by atoms with Crippen molar-refractivity contribution in [2.24, 2.45) is 5.92 Å². The van der Waals surface area contributed by atoms with Crippen molar-refractivity contribution in [1.82, 2.24) is 10.2 Å². The molecule has 2 rings (SSSR count). The first-order valence-electron chi connectivity index (χ1n) is 7.74. The Labute approximate surface area is 122 Å². The molecule has 19 heavy (non-hydrogen) atoms. The van der Waals surface area contributed by atoms with E-state index in [0.29, 0.717) is 0 Å². The summed E-state index contributed by atoms with van der Waals surface area (Å²) in [6.07, 6.45) is 7.24. The van der Waals surface area contributed by atoms with E-state index < -0.39 is 0 Å². The first-order chi connectivity index (χ1) is 9.28. The molecule has 0 unspecified atom stereocenters. The Morgan fingerprint density at radius 1 is 1.21 bits per heavy atom. The molecule has 108 valence electrons. The van der Waals surface area contributed by atoms with Gasteiger partial charge in [0.15, 0.2) is 0 Å². The Bertz CT molecular complexity index is 355. The van der Waals surface area contributed by atoms with Crippen LogP contribution >= 0.6 is 11.3 Å². The van der Waals surface area contributed by atoms with Gasteiger partial charge in [0.1, 0.15) is 0 Å². The summed E-state index contributed by atoms with van der Waals surface area (Å²) in [5, 5.41) is 3.39. The molecule has 0 spiro atoms. The maximum Gasteiger partial charge on any atom is 0.0325 e. The van der Waals surface area contributed by atoms with Crippen LogP contribution in [0.15, 0.2) is 12.1 Å². The minimum atomic E-state index is 0.944. The van der Waals surface area contributed by atoms with Gasteiger partial charge in [-0.2, -0.15) is 0 Å². The molecule has 2 nitrogen and oxygen atoms in total. The highest BCUT2D eigenvalue weighted by molar-refractivity contribution is 7.11. The van der Waals surface area contributed by atoms with E-state index in [0.717, 1.165) is 25.6 Å². The third-order valence-corrected chi connectivity index (χ3v) is 5.06. The standard InChI is InChI=1S/C16H28N2S/c1-3-17-11-15-9-10-16(19-15)13-18(2)12-14-7-5-4-6-8-14/h9-10,14,17H,3-8,11-13H2,1-2H3. The summed E-state index contributed by atoms with van der Waals surface area (Å²) in [5.41, 5.74) is 0. The maximum absolute atomic E-state index is 3.39. The molecule has 1 fully saturated rings. The first kappa shape index (κ1) is 15.0. The van der Waals surface area contributed by atoms with Gasteiger partial charge in [-0.25, -0.2) is 0 Å². The van der Waals surface area contributed by atoms with Crippen LogP contribution in [0.4, 0.5) is 0 Å². The van der Waals surface area contributed by atoms with Crippen molar-refractivity contribution < 1.29 is 0 Å². The molecular formula is C16H28N2S. The predicted molar refractivity (Wildman–Crippen MR) is 84.6 cm³/mol. The normalized spacial score (nSPS) is 17.2. The molecule has 1 aromatic heterocycles. The largest absolute Gasteiger partial charge is 0.312 e. The number of nitrogens with zero attached hydrogens (tertiary/aromatic N) is 1. The fourth-order valence-corrected chi connectivity index (χ4v) is 4.06. The van der Waals surface area contributed by atoms with Gasteiger partial charge in [0.05, 0.1) is 0 Å². The van der Waals surface area contributed by atoms with Gasteiger partial charge in [-0.3, -0.25) is 0 Å². The minimum Gasteiger partial charge on any atom is -0.312 e. The van der Waals surface area contributed by atoms with Gasteiger partial charge in [-0.1, -0.05) is 26.2 Å². The van der Waals surface area contributed by atoms with E-state index in [1.54, 1.807) is 0 Å². The minimum absolute atomic E-state index is 0.944. The third kappa shape index (κ3) is 5.25. The van der Waals surface area contributed by atoms with Crippen molar-refractivity contribution in [3.8, 4) is 0 Å². The maximum atomic E-state index is 3.39. The molecule has 0 bridgehead atoms. The van der Waals surface area contributed by atoms with Crippen molar-refractivity contribution in [3.05, 3.63) is 21.9 Å². The summed E-state index contributed by atoms with van der Waals surface area (Å²) in [7, 11) is 2.28. The van der Waals surface area contributed by atoms with Crippen molar-refractivity contribution in [2.45, 2.75) is 52.1 Å². The van der Waals surface area contributed by atoms with Crippen molar-refractivity contribution in [3.63, 3.8) is 0 Å². The second-order valence-corrected chi connectivity index (χ2v) is 7.10. The summed E-state index contributed by atoms with van der Waals surface area (Å²) in [4.78, 5) is 5.48. The topological polar surface area (TPSA) is 15.3 Å². The van der Waals surface area contributed by atoms with Gasteiger partial charge >= 0.3 is 0 Å². The zero-order chi connectivity index (χ0) is 13.5. The zero-order valence-corrected chi connectivity index (χ0v) is 13.3. The summed E-state index contributed by atoms with van der Waals surface area (Å²) >= 11 is 1.96. The molecule has 3 heteroatoms. The Morgan fingerprint density at radius 2 is 1.95 bits per heavy atom. The molecular weight excluding hydrogens is 252 g/mol. The molecule has 0 saturated heterocycles. The Hall–Kier alpha value is -0.380. The fourth-order valence-electron chi connectivity index (χ4n) is 2.99. The van der Waals surface area contributed by atoms with Crippen LogP contribution in [0, 0.1) is 5.92 Å². The van der Waals surface area contributed by atoms with Crippen molar-refractivity contribution in [1.29, 1.82) is 0 Å². The van der Waals surface area contributed by atoms with Crippen LogP contribution in [0.5, 0.6) is 0 Å². The molecule has 1 heterocycles. The quantitative estimate of drug-likeness (QED) is 0.815. The number of hydrogen-bond acceptors (Lipinski definition) is 3. The average Bonchev–Trinajstić information content (AvgIpc) is 2.85. The van der Waals surface area contributed by atoms with Gasteiger partial charge in [0.2, 0.25) is 0 Å².